The van der Waals surface area contributed by atoms with Gasteiger partial charge in [0, 0.05) is 12.0 Å². The van der Waals surface area contributed by atoms with Crippen molar-refractivity contribution in [2.24, 2.45) is 0 Å². The maximum absolute atomic E-state index is 11.1. The molecule has 0 aliphatic rings. The number of methoxy groups -OCH3 is 1. The summed E-state index contributed by atoms with van der Waals surface area (Å²) in [6, 6.07) is 5.36. The van der Waals surface area contributed by atoms with Gasteiger partial charge in [0.25, 0.3) is 0 Å². The summed E-state index contributed by atoms with van der Waals surface area (Å²) in [6.45, 7) is 2.71. The van der Waals surface area contributed by atoms with E-state index in [1.54, 1.807) is 32.2 Å². The quantitative estimate of drug-likeness (QED) is 0.531. The minimum absolute atomic E-state index is 0.0879. The van der Waals surface area contributed by atoms with E-state index in [-0.39, 0.29) is 12.6 Å². The first-order valence-corrected chi connectivity index (χ1v) is 7.27. The SMILES string of the molecule is CCOC(=O)CCCCCOc1ccc(OC)cc1CO. The fraction of sp³-hybridized carbons (Fsp3) is 0.562. The molecule has 0 unspecified atom stereocenters. The molecule has 0 fully saturated rings. The molecule has 0 aliphatic heterocycles. The summed E-state index contributed by atoms with van der Waals surface area (Å²) >= 11 is 0. The molecule has 1 aromatic rings. The maximum atomic E-state index is 11.1. The molecule has 0 aliphatic carbocycles. The van der Waals surface area contributed by atoms with E-state index in [2.05, 4.69) is 0 Å². The molecule has 0 atom stereocenters. The third-order valence-electron chi connectivity index (χ3n) is 3.03. The number of ether oxygens (including phenoxy) is 3. The van der Waals surface area contributed by atoms with Crippen LogP contribution in [0.1, 0.15) is 38.2 Å². The van der Waals surface area contributed by atoms with Crippen molar-refractivity contribution in [3.8, 4) is 11.5 Å². The van der Waals surface area contributed by atoms with Crippen LogP contribution in [0, 0.1) is 0 Å². The smallest absolute Gasteiger partial charge is 0.305 e. The predicted octanol–water partition coefficient (Wildman–Crippen LogP) is 2.69. The van der Waals surface area contributed by atoms with Gasteiger partial charge in [-0.2, -0.15) is 0 Å². The molecule has 0 spiro atoms. The number of benzene rings is 1. The van der Waals surface area contributed by atoms with Gasteiger partial charge in [-0.05, 0) is 44.4 Å². The Morgan fingerprint density at radius 2 is 2.05 bits per heavy atom. The van der Waals surface area contributed by atoms with Crippen molar-refractivity contribution in [1.82, 2.24) is 0 Å². The summed E-state index contributed by atoms with van der Waals surface area (Å²) in [5.74, 6) is 1.22. The second kappa shape index (κ2) is 10.0. The van der Waals surface area contributed by atoms with Crippen molar-refractivity contribution in [3.05, 3.63) is 23.8 Å². The molecule has 1 N–H and O–H groups in total. The van der Waals surface area contributed by atoms with Crippen molar-refractivity contribution in [2.75, 3.05) is 20.3 Å². The lowest BCUT2D eigenvalue weighted by molar-refractivity contribution is -0.143. The molecule has 5 heteroatoms. The van der Waals surface area contributed by atoms with Crippen LogP contribution >= 0.6 is 0 Å². The summed E-state index contributed by atoms with van der Waals surface area (Å²) < 4.78 is 15.6. The number of aliphatic hydroxyl groups is 1. The van der Waals surface area contributed by atoms with Crippen LogP contribution in [0.5, 0.6) is 11.5 Å². The largest absolute Gasteiger partial charge is 0.497 e. The van der Waals surface area contributed by atoms with Crippen molar-refractivity contribution in [3.63, 3.8) is 0 Å². The molecule has 0 aromatic heterocycles. The van der Waals surface area contributed by atoms with Crippen molar-refractivity contribution < 1.29 is 24.1 Å². The molecule has 1 aromatic carbocycles. The van der Waals surface area contributed by atoms with Gasteiger partial charge in [-0.25, -0.2) is 0 Å². The molecule has 0 amide bonds. The van der Waals surface area contributed by atoms with Crippen molar-refractivity contribution in [1.29, 1.82) is 0 Å². The minimum Gasteiger partial charge on any atom is -0.497 e. The van der Waals surface area contributed by atoms with Crippen LogP contribution < -0.4 is 9.47 Å². The molecule has 0 heterocycles. The summed E-state index contributed by atoms with van der Waals surface area (Å²) in [6.07, 6.45) is 3.02. The van der Waals surface area contributed by atoms with Crippen molar-refractivity contribution in [2.45, 2.75) is 39.2 Å². The zero-order valence-corrected chi connectivity index (χ0v) is 12.8. The second-order valence-electron chi connectivity index (χ2n) is 4.60. The Balaban J connectivity index is 2.25. The predicted molar refractivity (Wildman–Crippen MR) is 79.5 cm³/mol. The summed E-state index contributed by atoms with van der Waals surface area (Å²) in [5, 5.41) is 9.30. The number of carbonyl (C=O) groups excluding carboxylic acids is 1. The molecule has 0 saturated heterocycles. The Kier molecular flexibility index (Phi) is 8.28. The molecular formula is C16H24O5. The minimum atomic E-state index is -0.142. The number of hydrogen-bond acceptors (Lipinski definition) is 5. The van der Waals surface area contributed by atoms with Crippen molar-refractivity contribution >= 4 is 5.97 Å². The Labute approximate surface area is 125 Å². The van der Waals surface area contributed by atoms with E-state index in [9.17, 15) is 9.90 Å². The lowest BCUT2D eigenvalue weighted by Crippen LogP contribution is -2.04. The van der Waals surface area contributed by atoms with Crippen LogP contribution in [0.2, 0.25) is 0 Å². The van der Waals surface area contributed by atoms with Crippen LogP contribution in [-0.4, -0.2) is 31.4 Å². The molecule has 118 valence electrons. The molecule has 0 bridgehead atoms. The van der Waals surface area contributed by atoms with E-state index in [1.165, 1.54) is 0 Å². The van der Waals surface area contributed by atoms with Crippen LogP contribution in [0.3, 0.4) is 0 Å². The van der Waals surface area contributed by atoms with Crippen LogP contribution in [0.25, 0.3) is 0 Å². The Morgan fingerprint density at radius 1 is 1.24 bits per heavy atom. The standard InChI is InChI=1S/C16H24O5/c1-3-20-16(18)7-5-4-6-10-21-15-9-8-14(19-2)11-13(15)12-17/h8-9,11,17H,3-7,10,12H2,1-2H3. The highest BCUT2D eigenvalue weighted by atomic mass is 16.5. The number of hydrogen-bond donors (Lipinski definition) is 1. The molecule has 1 rings (SSSR count). The highest BCUT2D eigenvalue weighted by Crippen LogP contribution is 2.24. The molecular weight excluding hydrogens is 272 g/mol. The Morgan fingerprint density at radius 3 is 2.71 bits per heavy atom. The number of carbonyl (C=O) groups is 1. The molecule has 5 nitrogen and oxygen atoms in total. The number of esters is 1. The Bertz CT molecular complexity index is 431. The summed E-state index contributed by atoms with van der Waals surface area (Å²) in [7, 11) is 1.58. The summed E-state index contributed by atoms with van der Waals surface area (Å²) in [5.41, 5.74) is 0.709. The highest BCUT2D eigenvalue weighted by Gasteiger charge is 2.05. The van der Waals surface area contributed by atoms with E-state index in [0.717, 1.165) is 19.3 Å². The average molecular weight is 296 g/mol. The second-order valence-corrected chi connectivity index (χ2v) is 4.60. The highest BCUT2D eigenvalue weighted by molar-refractivity contribution is 5.69. The molecule has 0 saturated carbocycles. The topological polar surface area (TPSA) is 65.0 Å². The number of unbranched alkanes of at least 4 members (excludes halogenated alkanes) is 2. The van der Waals surface area contributed by atoms with Gasteiger partial charge in [-0.1, -0.05) is 0 Å². The lowest BCUT2D eigenvalue weighted by atomic mass is 10.2. The van der Waals surface area contributed by atoms with Gasteiger partial charge in [-0.3, -0.25) is 4.79 Å². The third-order valence-corrected chi connectivity index (χ3v) is 3.03. The van der Waals surface area contributed by atoms with Gasteiger partial charge in [-0.15, -0.1) is 0 Å². The van der Waals surface area contributed by atoms with Gasteiger partial charge in [0.15, 0.2) is 0 Å². The van der Waals surface area contributed by atoms with Gasteiger partial charge < -0.3 is 19.3 Å². The van der Waals surface area contributed by atoms with Gasteiger partial charge in [0.1, 0.15) is 11.5 Å². The number of aliphatic hydroxyl groups excluding tert-OH is 1. The zero-order chi connectivity index (χ0) is 15.5. The van der Waals surface area contributed by atoms with Crippen LogP contribution in [-0.2, 0) is 16.1 Å². The van der Waals surface area contributed by atoms with Gasteiger partial charge in [0.2, 0.25) is 0 Å². The van der Waals surface area contributed by atoms with E-state index in [1.807, 2.05) is 0 Å². The zero-order valence-electron chi connectivity index (χ0n) is 12.8. The normalized spacial score (nSPS) is 10.2. The van der Waals surface area contributed by atoms with E-state index in [0.29, 0.717) is 36.7 Å². The fourth-order valence-corrected chi connectivity index (χ4v) is 1.91. The van der Waals surface area contributed by atoms with Crippen LogP contribution in [0.15, 0.2) is 18.2 Å². The molecule has 21 heavy (non-hydrogen) atoms. The first-order chi connectivity index (χ1) is 10.2. The molecule has 0 radical (unpaired) electrons. The van der Waals surface area contributed by atoms with Gasteiger partial charge >= 0.3 is 5.97 Å². The first kappa shape index (κ1) is 17.3. The van der Waals surface area contributed by atoms with E-state index in [4.69, 9.17) is 14.2 Å². The monoisotopic (exact) mass is 296 g/mol. The lowest BCUT2D eigenvalue weighted by Gasteiger charge is -2.11. The summed E-state index contributed by atoms with van der Waals surface area (Å²) in [4.78, 5) is 11.1. The average Bonchev–Trinajstić information content (AvgIpc) is 2.51. The number of rotatable bonds is 10. The third kappa shape index (κ3) is 6.49. The van der Waals surface area contributed by atoms with E-state index >= 15 is 0 Å². The first-order valence-electron chi connectivity index (χ1n) is 7.27. The Hall–Kier alpha value is -1.75. The van der Waals surface area contributed by atoms with Crippen LogP contribution in [0.4, 0.5) is 0 Å². The fourth-order valence-electron chi connectivity index (χ4n) is 1.91. The van der Waals surface area contributed by atoms with E-state index < -0.39 is 0 Å². The van der Waals surface area contributed by atoms with Gasteiger partial charge in [0.05, 0.1) is 26.9 Å². The maximum Gasteiger partial charge on any atom is 0.305 e.